The van der Waals surface area contributed by atoms with Crippen molar-refractivity contribution in [3.63, 3.8) is 0 Å². The SMILES string of the molecule is C#Cc1cnc2c(Cl)cc(OC(SC)C(=O)NC(C)(C)c3ccccn3)cc2c1. The number of halogens is 1. The molecule has 0 bridgehead atoms. The molecule has 0 fully saturated rings. The van der Waals surface area contributed by atoms with Crippen molar-refractivity contribution >= 4 is 40.2 Å². The highest BCUT2D eigenvalue weighted by atomic mass is 35.5. The second-order valence-electron chi connectivity index (χ2n) is 6.86. The van der Waals surface area contributed by atoms with E-state index >= 15 is 0 Å². The van der Waals surface area contributed by atoms with Crippen molar-refractivity contribution in [1.82, 2.24) is 15.3 Å². The van der Waals surface area contributed by atoms with Crippen LogP contribution >= 0.6 is 23.4 Å². The lowest BCUT2D eigenvalue weighted by Gasteiger charge is -2.28. The Morgan fingerprint density at radius 1 is 1.31 bits per heavy atom. The highest BCUT2D eigenvalue weighted by Gasteiger charge is 2.29. The van der Waals surface area contributed by atoms with E-state index in [4.69, 9.17) is 22.8 Å². The predicted octanol–water partition coefficient (Wildman–Crippen LogP) is 4.38. The molecule has 2 aromatic heterocycles. The first-order chi connectivity index (χ1) is 13.8. The largest absolute Gasteiger partial charge is 0.470 e. The molecule has 0 radical (unpaired) electrons. The first-order valence-corrected chi connectivity index (χ1v) is 10.5. The Morgan fingerprint density at radius 3 is 2.76 bits per heavy atom. The predicted molar refractivity (Wildman–Crippen MR) is 118 cm³/mol. The zero-order valence-electron chi connectivity index (χ0n) is 16.3. The summed E-state index contributed by atoms with van der Waals surface area (Å²) in [5.74, 6) is 2.75. The molecule has 1 N–H and O–H groups in total. The molecule has 7 heteroatoms. The van der Waals surface area contributed by atoms with Crippen LogP contribution in [0.15, 0.2) is 48.8 Å². The Hall–Kier alpha value is -2.75. The monoisotopic (exact) mass is 425 g/mol. The number of benzene rings is 1. The third-order valence-corrected chi connectivity index (χ3v) is 5.32. The summed E-state index contributed by atoms with van der Waals surface area (Å²) in [6.07, 6.45) is 10.5. The van der Waals surface area contributed by atoms with Crippen molar-refractivity contribution in [2.45, 2.75) is 24.8 Å². The minimum absolute atomic E-state index is 0.264. The summed E-state index contributed by atoms with van der Waals surface area (Å²) < 4.78 is 5.94. The van der Waals surface area contributed by atoms with Crippen LogP contribution < -0.4 is 10.1 Å². The summed E-state index contributed by atoms with van der Waals surface area (Å²) in [5, 5.41) is 4.17. The normalized spacial score (nSPS) is 12.2. The van der Waals surface area contributed by atoms with Crippen molar-refractivity contribution in [2.75, 3.05) is 6.26 Å². The van der Waals surface area contributed by atoms with Crippen LogP contribution in [-0.2, 0) is 10.3 Å². The molecule has 1 unspecified atom stereocenters. The molecule has 148 valence electrons. The quantitative estimate of drug-likeness (QED) is 0.469. The second kappa shape index (κ2) is 8.73. The van der Waals surface area contributed by atoms with Gasteiger partial charge in [-0.2, -0.15) is 0 Å². The van der Waals surface area contributed by atoms with Crippen LogP contribution in [0.2, 0.25) is 5.02 Å². The van der Waals surface area contributed by atoms with E-state index < -0.39 is 11.0 Å². The Labute approximate surface area is 179 Å². The lowest BCUT2D eigenvalue weighted by atomic mass is 10.00. The number of nitrogens with zero attached hydrogens (tertiary/aromatic N) is 2. The van der Waals surface area contributed by atoms with Gasteiger partial charge in [-0.1, -0.05) is 23.6 Å². The number of hydrogen-bond acceptors (Lipinski definition) is 5. The first kappa shape index (κ1) is 21.0. The van der Waals surface area contributed by atoms with Crippen LogP contribution in [0.4, 0.5) is 0 Å². The average Bonchev–Trinajstić information content (AvgIpc) is 2.71. The molecule has 0 aliphatic carbocycles. The number of ether oxygens (including phenoxy) is 1. The molecule has 0 aliphatic rings. The van der Waals surface area contributed by atoms with Gasteiger partial charge in [-0.05, 0) is 44.4 Å². The molecule has 0 spiro atoms. The summed E-state index contributed by atoms with van der Waals surface area (Å²) in [6.45, 7) is 3.79. The smallest absolute Gasteiger partial charge is 0.272 e. The number of carbonyl (C=O) groups excluding carboxylic acids is 1. The van der Waals surface area contributed by atoms with Crippen LogP contribution in [0, 0.1) is 12.3 Å². The van der Waals surface area contributed by atoms with E-state index in [0.717, 1.165) is 11.1 Å². The van der Waals surface area contributed by atoms with Crippen molar-refractivity contribution in [1.29, 1.82) is 0 Å². The van der Waals surface area contributed by atoms with Crippen LogP contribution in [0.5, 0.6) is 5.75 Å². The highest BCUT2D eigenvalue weighted by molar-refractivity contribution is 7.99. The van der Waals surface area contributed by atoms with Gasteiger partial charge < -0.3 is 10.1 Å². The number of fused-ring (bicyclic) bond motifs is 1. The number of hydrogen-bond donors (Lipinski definition) is 1. The molecular formula is C22H20ClN3O2S. The molecule has 1 amide bonds. The molecule has 29 heavy (non-hydrogen) atoms. The van der Waals surface area contributed by atoms with Crippen LogP contribution in [-0.4, -0.2) is 27.6 Å². The topological polar surface area (TPSA) is 64.1 Å². The Bertz CT molecular complexity index is 1080. The molecule has 0 saturated heterocycles. The summed E-state index contributed by atoms with van der Waals surface area (Å²) in [7, 11) is 0. The third kappa shape index (κ3) is 4.81. The van der Waals surface area contributed by atoms with Gasteiger partial charge in [0.1, 0.15) is 5.75 Å². The fraction of sp³-hybridized carbons (Fsp3) is 0.227. The maximum atomic E-state index is 12.9. The Balaban J connectivity index is 1.82. The van der Waals surface area contributed by atoms with E-state index in [9.17, 15) is 4.79 Å². The zero-order chi connectivity index (χ0) is 21.0. The number of carbonyl (C=O) groups is 1. The summed E-state index contributed by atoms with van der Waals surface area (Å²) in [4.78, 5) is 21.5. The molecule has 0 aliphatic heterocycles. The van der Waals surface area contributed by atoms with Gasteiger partial charge in [0.2, 0.25) is 5.44 Å². The van der Waals surface area contributed by atoms with Crippen LogP contribution in [0.25, 0.3) is 10.9 Å². The summed E-state index contributed by atoms with van der Waals surface area (Å²) in [5.41, 5.74) is 0.606. The molecule has 1 aromatic carbocycles. The fourth-order valence-corrected chi connectivity index (χ4v) is 3.57. The van der Waals surface area contributed by atoms with Gasteiger partial charge in [0, 0.05) is 29.4 Å². The number of amides is 1. The zero-order valence-corrected chi connectivity index (χ0v) is 17.8. The number of thioether (sulfide) groups is 1. The minimum atomic E-state index is -0.768. The molecule has 2 heterocycles. The number of nitrogens with one attached hydrogen (secondary N) is 1. The number of aromatic nitrogens is 2. The summed E-state index contributed by atoms with van der Waals surface area (Å²) in [6, 6.07) is 10.8. The lowest BCUT2D eigenvalue weighted by molar-refractivity contribution is -0.126. The number of pyridine rings is 2. The second-order valence-corrected chi connectivity index (χ2v) is 8.17. The van der Waals surface area contributed by atoms with Crippen molar-refractivity contribution in [3.8, 4) is 18.1 Å². The van der Waals surface area contributed by atoms with Gasteiger partial charge in [-0.15, -0.1) is 18.2 Å². The lowest BCUT2D eigenvalue weighted by Crippen LogP contribution is -2.47. The van der Waals surface area contributed by atoms with E-state index in [-0.39, 0.29) is 5.91 Å². The van der Waals surface area contributed by atoms with E-state index in [1.165, 1.54) is 11.8 Å². The molecule has 1 atom stereocenters. The van der Waals surface area contributed by atoms with E-state index in [0.29, 0.717) is 21.9 Å². The van der Waals surface area contributed by atoms with E-state index in [1.54, 1.807) is 36.8 Å². The summed E-state index contributed by atoms with van der Waals surface area (Å²) >= 11 is 7.62. The van der Waals surface area contributed by atoms with Crippen LogP contribution in [0.1, 0.15) is 25.1 Å². The third-order valence-electron chi connectivity index (χ3n) is 4.29. The van der Waals surface area contributed by atoms with Crippen molar-refractivity contribution in [3.05, 3.63) is 65.1 Å². The van der Waals surface area contributed by atoms with Gasteiger partial charge in [-0.25, -0.2) is 0 Å². The van der Waals surface area contributed by atoms with Crippen LogP contribution in [0.3, 0.4) is 0 Å². The van der Waals surface area contributed by atoms with E-state index in [2.05, 4.69) is 21.2 Å². The standard InChI is InChI=1S/C22H20ClN3O2S/c1-5-14-10-15-11-16(12-17(23)19(15)25-13-14)28-21(29-4)20(27)26-22(2,3)18-8-6-7-9-24-18/h1,6-13,21H,2-4H3,(H,26,27). The van der Waals surface area contributed by atoms with Gasteiger partial charge in [0.25, 0.3) is 5.91 Å². The minimum Gasteiger partial charge on any atom is -0.470 e. The molecule has 3 aromatic rings. The molecule has 0 saturated carbocycles. The molecular weight excluding hydrogens is 406 g/mol. The van der Waals surface area contributed by atoms with Crippen molar-refractivity contribution in [2.24, 2.45) is 0 Å². The average molecular weight is 426 g/mol. The molecule has 3 rings (SSSR count). The fourth-order valence-electron chi connectivity index (χ4n) is 2.82. The maximum Gasteiger partial charge on any atom is 0.272 e. The number of rotatable bonds is 6. The first-order valence-electron chi connectivity index (χ1n) is 8.83. The Kier molecular flexibility index (Phi) is 6.31. The van der Waals surface area contributed by atoms with E-state index in [1.807, 2.05) is 32.0 Å². The highest BCUT2D eigenvalue weighted by Crippen LogP contribution is 2.30. The number of terminal acetylenes is 1. The Morgan fingerprint density at radius 2 is 2.10 bits per heavy atom. The maximum absolute atomic E-state index is 12.9. The van der Waals surface area contributed by atoms with Gasteiger partial charge in [0.05, 0.1) is 21.8 Å². The van der Waals surface area contributed by atoms with Gasteiger partial charge >= 0.3 is 0 Å². The van der Waals surface area contributed by atoms with Gasteiger partial charge in [0.15, 0.2) is 0 Å². The van der Waals surface area contributed by atoms with Gasteiger partial charge in [-0.3, -0.25) is 14.8 Å². The molecule has 5 nitrogen and oxygen atoms in total. The van der Waals surface area contributed by atoms with Crippen molar-refractivity contribution < 1.29 is 9.53 Å².